The number of aromatic amines is 1. The first-order valence-corrected chi connectivity index (χ1v) is 3.26. The molecule has 1 aromatic heterocycles. The fourth-order valence-electron chi connectivity index (χ4n) is 0.732. The summed E-state index contributed by atoms with van der Waals surface area (Å²) in [6.45, 7) is -0.484. The van der Waals surface area contributed by atoms with Crippen molar-refractivity contribution in [1.29, 1.82) is 0 Å². The molecule has 0 aliphatic rings. The number of halogens is 3. The smallest absolute Gasteiger partial charge is 0.384 e. The predicted molar refractivity (Wildman–Crippen MR) is 37.6 cm³/mol. The zero-order valence-electron chi connectivity index (χ0n) is 6.31. The lowest BCUT2D eigenvalue weighted by atomic mass is 10.2. The molecule has 1 heterocycles. The molecule has 0 atom stereocenters. The average molecular weight is 190 g/mol. The molecule has 0 aliphatic heterocycles. The summed E-state index contributed by atoms with van der Waals surface area (Å²) in [6.07, 6.45) is -3.53. The van der Waals surface area contributed by atoms with Gasteiger partial charge in [0.1, 0.15) is 6.61 Å². The van der Waals surface area contributed by atoms with Crippen LogP contribution in [0.2, 0.25) is 0 Å². The van der Waals surface area contributed by atoms with Gasteiger partial charge in [-0.2, -0.15) is 18.3 Å². The molecule has 1 aromatic rings. The first kappa shape index (κ1) is 9.61. The summed E-state index contributed by atoms with van der Waals surface area (Å²) in [5.41, 5.74) is -1.25. The molecular weight excluding hydrogens is 185 g/mol. The second-order valence-corrected chi connectivity index (χ2v) is 2.12. The summed E-state index contributed by atoms with van der Waals surface area (Å²) in [7, 11) is 0. The first-order valence-electron chi connectivity index (χ1n) is 3.26. The molecule has 0 radical (unpaired) electrons. The van der Waals surface area contributed by atoms with E-state index in [-0.39, 0.29) is 5.56 Å². The van der Waals surface area contributed by atoms with E-state index >= 15 is 0 Å². The number of H-pyrrole nitrogens is 1. The summed E-state index contributed by atoms with van der Waals surface area (Å²) in [5, 5.41) is 13.3. The highest BCUT2D eigenvalue weighted by molar-refractivity contribution is 5.37. The molecule has 13 heavy (non-hydrogen) atoms. The lowest BCUT2D eigenvalue weighted by Gasteiger charge is -2.02. The van der Waals surface area contributed by atoms with Crippen LogP contribution in [0.4, 0.5) is 13.2 Å². The molecule has 6 heteroatoms. The normalized spacial score (nSPS) is 10.8. The second-order valence-electron chi connectivity index (χ2n) is 2.12. The lowest BCUT2D eigenvalue weighted by molar-refractivity contribution is -0.141. The third-order valence-electron chi connectivity index (χ3n) is 1.22. The summed E-state index contributed by atoms with van der Waals surface area (Å²) in [4.78, 5) is 0. The van der Waals surface area contributed by atoms with Gasteiger partial charge in [0.05, 0.1) is 11.8 Å². The number of alkyl halides is 3. The standard InChI is InChI=1S/C7H5F3N2O/c8-7(9,10)6-5(2-1-3-13)4-11-12-6/h4,13H,3H2,(H,11,12). The number of nitrogens with zero attached hydrogens (tertiary/aromatic N) is 1. The third kappa shape index (κ3) is 2.23. The fourth-order valence-corrected chi connectivity index (χ4v) is 0.732. The van der Waals surface area contributed by atoms with Crippen molar-refractivity contribution in [2.24, 2.45) is 0 Å². The lowest BCUT2D eigenvalue weighted by Crippen LogP contribution is -2.07. The minimum atomic E-state index is -4.49. The van der Waals surface area contributed by atoms with E-state index in [2.05, 4.69) is 16.9 Å². The fraction of sp³-hybridized carbons (Fsp3) is 0.286. The van der Waals surface area contributed by atoms with Gasteiger partial charge in [-0.25, -0.2) is 0 Å². The third-order valence-corrected chi connectivity index (χ3v) is 1.22. The van der Waals surface area contributed by atoms with E-state index in [0.29, 0.717) is 0 Å². The number of hydrogen-bond acceptors (Lipinski definition) is 2. The van der Waals surface area contributed by atoms with Gasteiger partial charge < -0.3 is 5.11 Å². The Bertz CT molecular complexity index is 345. The van der Waals surface area contributed by atoms with E-state index in [1.165, 1.54) is 0 Å². The molecule has 1 rings (SSSR count). The highest BCUT2D eigenvalue weighted by Gasteiger charge is 2.35. The van der Waals surface area contributed by atoms with Crippen molar-refractivity contribution in [3.05, 3.63) is 17.5 Å². The van der Waals surface area contributed by atoms with Gasteiger partial charge in [0.25, 0.3) is 0 Å². The van der Waals surface area contributed by atoms with E-state index in [9.17, 15) is 13.2 Å². The molecule has 0 amide bonds. The summed E-state index contributed by atoms with van der Waals surface area (Å²) in [5.74, 6) is 4.24. The molecule has 0 bridgehead atoms. The summed E-state index contributed by atoms with van der Waals surface area (Å²) >= 11 is 0. The van der Waals surface area contributed by atoms with Crippen molar-refractivity contribution in [2.75, 3.05) is 6.61 Å². The molecule has 0 fully saturated rings. The molecule has 0 aliphatic carbocycles. The molecule has 3 nitrogen and oxygen atoms in total. The van der Waals surface area contributed by atoms with Gasteiger partial charge in [-0.1, -0.05) is 11.8 Å². The number of nitrogens with one attached hydrogen (secondary N) is 1. The number of aromatic nitrogens is 2. The highest BCUT2D eigenvalue weighted by Crippen LogP contribution is 2.29. The maximum absolute atomic E-state index is 12.1. The Labute approximate surface area is 71.6 Å². The van der Waals surface area contributed by atoms with Crippen molar-refractivity contribution in [3.63, 3.8) is 0 Å². The number of aliphatic hydroxyl groups is 1. The second kappa shape index (κ2) is 3.49. The van der Waals surface area contributed by atoms with E-state index in [1.807, 2.05) is 0 Å². The van der Waals surface area contributed by atoms with Crippen LogP contribution in [-0.2, 0) is 6.18 Å². The van der Waals surface area contributed by atoms with E-state index < -0.39 is 18.5 Å². The Kier molecular flexibility index (Phi) is 2.58. The zero-order valence-corrected chi connectivity index (χ0v) is 6.31. The maximum atomic E-state index is 12.1. The van der Waals surface area contributed by atoms with Crippen LogP contribution in [0.15, 0.2) is 6.20 Å². The van der Waals surface area contributed by atoms with E-state index in [1.54, 1.807) is 5.10 Å². The number of hydrogen-bond donors (Lipinski definition) is 2. The maximum Gasteiger partial charge on any atom is 0.434 e. The van der Waals surface area contributed by atoms with Crippen molar-refractivity contribution >= 4 is 0 Å². The van der Waals surface area contributed by atoms with Crippen LogP contribution < -0.4 is 0 Å². The van der Waals surface area contributed by atoms with E-state index in [4.69, 9.17) is 5.11 Å². The van der Waals surface area contributed by atoms with Crippen LogP contribution in [0.5, 0.6) is 0 Å². The number of rotatable bonds is 0. The van der Waals surface area contributed by atoms with Crippen molar-refractivity contribution in [3.8, 4) is 11.8 Å². The molecule has 0 aromatic carbocycles. The van der Waals surface area contributed by atoms with Gasteiger partial charge in [-0.15, -0.1) is 0 Å². The summed E-state index contributed by atoms with van der Waals surface area (Å²) < 4.78 is 36.3. The summed E-state index contributed by atoms with van der Waals surface area (Å²) in [6, 6.07) is 0. The van der Waals surface area contributed by atoms with Gasteiger partial charge in [-0.05, 0) is 0 Å². The SMILES string of the molecule is OCC#Cc1cn[nH]c1C(F)(F)F. The molecule has 0 spiro atoms. The Balaban J connectivity index is 3.03. The van der Waals surface area contributed by atoms with Crippen molar-refractivity contribution in [2.45, 2.75) is 6.18 Å². The molecular formula is C7H5F3N2O. The monoisotopic (exact) mass is 190 g/mol. The largest absolute Gasteiger partial charge is 0.434 e. The van der Waals surface area contributed by atoms with Crippen LogP contribution in [0.3, 0.4) is 0 Å². The van der Waals surface area contributed by atoms with Crippen LogP contribution >= 0.6 is 0 Å². The van der Waals surface area contributed by atoms with Crippen LogP contribution in [0, 0.1) is 11.8 Å². The van der Waals surface area contributed by atoms with Crippen LogP contribution in [-0.4, -0.2) is 21.9 Å². The highest BCUT2D eigenvalue weighted by atomic mass is 19.4. The van der Waals surface area contributed by atoms with Gasteiger partial charge in [0.15, 0.2) is 5.69 Å². The predicted octanol–water partition coefficient (Wildman–Crippen LogP) is 0.772. The average Bonchev–Trinajstić information content (AvgIpc) is 2.47. The number of aliphatic hydroxyl groups excluding tert-OH is 1. The minimum Gasteiger partial charge on any atom is -0.384 e. The quantitative estimate of drug-likeness (QED) is 0.593. The van der Waals surface area contributed by atoms with Crippen LogP contribution in [0.1, 0.15) is 11.3 Å². The van der Waals surface area contributed by atoms with Crippen LogP contribution in [0.25, 0.3) is 0 Å². The molecule has 2 N–H and O–H groups in total. The Morgan fingerprint density at radius 3 is 2.77 bits per heavy atom. The first-order chi connectivity index (χ1) is 6.05. The van der Waals surface area contributed by atoms with Crippen molar-refractivity contribution in [1.82, 2.24) is 10.2 Å². The van der Waals surface area contributed by atoms with Gasteiger partial charge >= 0.3 is 6.18 Å². The minimum absolute atomic E-state index is 0.262. The molecule has 0 saturated carbocycles. The van der Waals surface area contributed by atoms with E-state index in [0.717, 1.165) is 6.20 Å². The Morgan fingerprint density at radius 1 is 1.54 bits per heavy atom. The Morgan fingerprint density at radius 2 is 2.23 bits per heavy atom. The van der Waals surface area contributed by atoms with Crippen molar-refractivity contribution < 1.29 is 18.3 Å². The zero-order chi connectivity index (χ0) is 9.90. The van der Waals surface area contributed by atoms with Gasteiger partial charge in [0, 0.05) is 0 Å². The molecule has 0 unspecified atom stereocenters. The topological polar surface area (TPSA) is 48.9 Å². The van der Waals surface area contributed by atoms with Gasteiger partial charge in [-0.3, -0.25) is 5.10 Å². The Hall–Kier alpha value is -1.48. The van der Waals surface area contributed by atoms with Gasteiger partial charge in [0.2, 0.25) is 0 Å². The molecule has 0 saturated heterocycles. The molecule has 70 valence electrons.